The largest absolute Gasteiger partial charge is 0.350 e. The van der Waals surface area contributed by atoms with Crippen molar-refractivity contribution in [2.24, 2.45) is 0 Å². The van der Waals surface area contributed by atoms with E-state index >= 15 is 0 Å². The Morgan fingerprint density at radius 3 is 2.17 bits per heavy atom. The maximum atomic E-state index is 12.9. The van der Waals surface area contributed by atoms with E-state index in [-0.39, 0.29) is 24.3 Å². The van der Waals surface area contributed by atoms with Gasteiger partial charge in [0.25, 0.3) is 0 Å². The quantitative estimate of drug-likeness (QED) is 0.440. The van der Waals surface area contributed by atoms with Crippen LogP contribution in [0.25, 0.3) is 10.8 Å². The summed E-state index contributed by atoms with van der Waals surface area (Å²) in [5, 5.41) is 10.7. The Morgan fingerprint density at radius 2 is 1.49 bits per heavy atom. The molecule has 0 saturated carbocycles. The summed E-state index contributed by atoms with van der Waals surface area (Å²) in [5.74, 6) is -0.612. The van der Waals surface area contributed by atoms with Gasteiger partial charge in [-0.15, -0.1) is 0 Å². The maximum Gasteiger partial charge on any atom is 0.242 e. The average Bonchev–Trinajstić information content (AvgIpc) is 3.54. The van der Waals surface area contributed by atoms with Gasteiger partial charge in [0.2, 0.25) is 24.1 Å². The Morgan fingerprint density at radius 1 is 0.854 bits per heavy atom. The summed E-state index contributed by atoms with van der Waals surface area (Å²) in [6.45, 7) is 6.27. The zero-order valence-corrected chi connectivity index (χ0v) is 25.1. The summed E-state index contributed by atoms with van der Waals surface area (Å²) in [6, 6.07) is 13.5. The first kappa shape index (κ1) is 33.8. The molecule has 8 nitrogen and oxygen atoms in total. The second-order valence-corrected chi connectivity index (χ2v) is 10.5. The SMILES string of the molecule is CC.O=C1CCCCCCCCCCC(C(=O)NCc2cccc3ccccc23)NC(=O)CN1.O=CN1CCCC1. The number of rotatable bonds is 4. The number of amides is 4. The Kier molecular flexibility index (Phi) is 16.9. The molecule has 3 N–H and O–H groups in total. The Bertz CT molecular complexity index is 1060. The predicted molar refractivity (Wildman–Crippen MR) is 165 cm³/mol. The van der Waals surface area contributed by atoms with Gasteiger partial charge in [-0.3, -0.25) is 19.2 Å². The molecule has 2 aliphatic heterocycles. The molecule has 0 spiro atoms. The van der Waals surface area contributed by atoms with Gasteiger partial charge in [-0.25, -0.2) is 0 Å². The molecule has 2 aliphatic rings. The first-order chi connectivity index (χ1) is 20.1. The van der Waals surface area contributed by atoms with Crippen molar-refractivity contribution in [3.05, 3.63) is 48.0 Å². The number of carbonyl (C=O) groups is 4. The van der Waals surface area contributed by atoms with Crippen molar-refractivity contribution in [3.63, 3.8) is 0 Å². The van der Waals surface area contributed by atoms with Gasteiger partial charge in [0.15, 0.2) is 0 Å². The molecule has 226 valence electrons. The second kappa shape index (κ2) is 20.5. The molecule has 8 heteroatoms. The highest BCUT2D eigenvalue weighted by atomic mass is 16.2. The molecule has 2 aromatic rings. The molecule has 2 aromatic carbocycles. The predicted octanol–water partition coefficient (Wildman–Crippen LogP) is 5.24. The van der Waals surface area contributed by atoms with Crippen LogP contribution in [0.3, 0.4) is 0 Å². The lowest BCUT2D eigenvalue weighted by Gasteiger charge is -2.19. The lowest BCUT2D eigenvalue weighted by atomic mass is 10.0. The van der Waals surface area contributed by atoms with Crippen LogP contribution in [0.5, 0.6) is 0 Å². The number of hydrogen-bond donors (Lipinski definition) is 3. The molecule has 41 heavy (non-hydrogen) atoms. The van der Waals surface area contributed by atoms with Crippen LogP contribution in [0.15, 0.2) is 42.5 Å². The monoisotopic (exact) mass is 566 g/mol. The van der Waals surface area contributed by atoms with Crippen molar-refractivity contribution in [1.29, 1.82) is 0 Å². The standard InChI is InChI=1S/C26H35N3O3.C5H9NO.C2H6/c30-24-17-8-6-4-2-1-3-5-7-16-23(29-25(31)19-27-24)26(32)28-18-21-14-11-13-20-12-9-10-15-22(20)21;7-5-6-3-1-2-4-6;1-2/h9-15,23H,1-8,16-19H2,(H,27,30)(H,28,32)(H,29,31);5H,1-4H2;1-2H3. The minimum Gasteiger partial charge on any atom is -0.350 e. The number of likely N-dealkylation sites (tertiary alicyclic amines) is 1. The molecule has 4 rings (SSSR count). The van der Waals surface area contributed by atoms with E-state index in [2.05, 4.69) is 28.1 Å². The van der Waals surface area contributed by atoms with Crippen molar-refractivity contribution >= 4 is 34.9 Å². The van der Waals surface area contributed by atoms with Crippen molar-refractivity contribution in [2.45, 2.75) is 103 Å². The van der Waals surface area contributed by atoms with Crippen LogP contribution in [0.4, 0.5) is 0 Å². The molecule has 1 unspecified atom stereocenters. The van der Waals surface area contributed by atoms with Crippen LogP contribution in [-0.2, 0) is 25.7 Å². The van der Waals surface area contributed by atoms with Crippen molar-refractivity contribution in [1.82, 2.24) is 20.9 Å². The highest BCUT2D eigenvalue weighted by Crippen LogP contribution is 2.18. The van der Waals surface area contributed by atoms with Gasteiger partial charge in [0, 0.05) is 26.1 Å². The third-order valence-electron chi connectivity index (χ3n) is 7.37. The van der Waals surface area contributed by atoms with Crippen molar-refractivity contribution in [3.8, 4) is 0 Å². The number of benzene rings is 2. The number of nitrogens with zero attached hydrogens (tertiary/aromatic N) is 1. The molecule has 1 atom stereocenters. The molecule has 2 saturated heterocycles. The number of hydrogen-bond acceptors (Lipinski definition) is 4. The van der Waals surface area contributed by atoms with Crippen LogP contribution >= 0.6 is 0 Å². The zero-order chi connectivity index (χ0) is 29.7. The van der Waals surface area contributed by atoms with Crippen LogP contribution in [0.1, 0.15) is 96.5 Å². The van der Waals surface area contributed by atoms with Crippen LogP contribution in [-0.4, -0.2) is 54.7 Å². The fraction of sp³-hybridized carbons (Fsp3) is 0.576. The van der Waals surface area contributed by atoms with E-state index in [9.17, 15) is 19.2 Å². The highest BCUT2D eigenvalue weighted by Gasteiger charge is 2.21. The lowest BCUT2D eigenvalue weighted by Crippen LogP contribution is -2.49. The van der Waals surface area contributed by atoms with Crippen LogP contribution in [0, 0.1) is 0 Å². The summed E-state index contributed by atoms with van der Waals surface area (Å²) >= 11 is 0. The number of nitrogens with one attached hydrogen (secondary N) is 3. The van der Waals surface area contributed by atoms with Crippen LogP contribution in [0.2, 0.25) is 0 Å². The summed E-state index contributed by atoms with van der Waals surface area (Å²) in [7, 11) is 0. The first-order valence-corrected chi connectivity index (χ1v) is 15.6. The summed E-state index contributed by atoms with van der Waals surface area (Å²) < 4.78 is 0. The molecule has 0 aromatic heterocycles. The Hall–Kier alpha value is -3.42. The third-order valence-corrected chi connectivity index (χ3v) is 7.37. The fourth-order valence-corrected chi connectivity index (χ4v) is 5.08. The van der Waals surface area contributed by atoms with Gasteiger partial charge in [-0.1, -0.05) is 101 Å². The van der Waals surface area contributed by atoms with E-state index in [1.807, 2.05) is 44.2 Å². The Labute approximate surface area is 246 Å². The van der Waals surface area contributed by atoms with E-state index in [0.29, 0.717) is 19.4 Å². The maximum absolute atomic E-state index is 12.9. The van der Waals surface area contributed by atoms with Gasteiger partial charge in [-0.05, 0) is 42.0 Å². The number of carbonyl (C=O) groups excluding carboxylic acids is 4. The van der Waals surface area contributed by atoms with E-state index in [4.69, 9.17) is 0 Å². The van der Waals surface area contributed by atoms with E-state index in [1.165, 1.54) is 25.7 Å². The summed E-state index contributed by atoms with van der Waals surface area (Å²) in [6.07, 6.45) is 12.9. The van der Waals surface area contributed by atoms with E-state index in [0.717, 1.165) is 74.4 Å². The van der Waals surface area contributed by atoms with Gasteiger partial charge in [-0.2, -0.15) is 0 Å². The van der Waals surface area contributed by atoms with Gasteiger partial charge < -0.3 is 20.9 Å². The van der Waals surface area contributed by atoms with E-state index in [1.54, 1.807) is 4.90 Å². The molecular weight excluding hydrogens is 516 g/mol. The molecule has 0 bridgehead atoms. The zero-order valence-electron chi connectivity index (χ0n) is 25.1. The molecule has 2 fully saturated rings. The molecule has 0 radical (unpaired) electrons. The molecular formula is C33H50N4O4. The van der Waals surface area contributed by atoms with Crippen molar-refractivity contribution < 1.29 is 19.2 Å². The second-order valence-electron chi connectivity index (χ2n) is 10.5. The molecule has 0 aliphatic carbocycles. The topological polar surface area (TPSA) is 108 Å². The minimum absolute atomic E-state index is 0.0913. The number of fused-ring (bicyclic) bond motifs is 1. The normalized spacial score (nSPS) is 19.0. The summed E-state index contributed by atoms with van der Waals surface area (Å²) in [5.41, 5.74) is 1.04. The lowest BCUT2D eigenvalue weighted by molar-refractivity contribution is -0.130. The van der Waals surface area contributed by atoms with Gasteiger partial charge in [0.05, 0.1) is 6.54 Å². The van der Waals surface area contributed by atoms with Crippen molar-refractivity contribution in [2.75, 3.05) is 19.6 Å². The van der Waals surface area contributed by atoms with E-state index < -0.39 is 6.04 Å². The van der Waals surface area contributed by atoms with Gasteiger partial charge in [0.1, 0.15) is 6.04 Å². The first-order valence-electron chi connectivity index (χ1n) is 15.6. The molecule has 2 heterocycles. The molecule has 4 amide bonds. The summed E-state index contributed by atoms with van der Waals surface area (Å²) in [4.78, 5) is 49.0. The Balaban J connectivity index is 0.000000561. The smallest absolute Gasteiger partial charge is 0.242 e. The highest BCUT2D eigenvalue weighted by molar-refractivity contribution is 5.90. The van der Waals surface area contributed by atoms with Gasteiger partial charge >= 0.3 is 0 Å². The third kappa shape index (κ3) is 13.2. The average molecular weight is 567 g/mol. The minimum atomic E-state index is -0.595. The van der Waals surface area contributed by atoms with Crippen LogP contribution < -0.4 is 16.0 Å². The fourth-order valence-electron chi connectivity index (χ4n) is 5.08.